The van der Waals surface area contributed by atoms with Crippen molar-refractivity contribution in [2.24, 2.45) is 0 Å². The molecule has 0 fully saturated rings. The molecule has 1 N–H and O–H groups in total. The third-order valence-corrected chi connectivity index (χ3v) is 3.01. The molecule has 0 amide bonds. The number of hydrogen-bond donors (Lipinski definition) is 1. The fourth-order valence-electron chi connectivity index (χ4n) is 2.03. The van der Waals surface area contributed by atoms with Gasteiger partial charge in [-0.05, 0) is 19.1 Å². The molecule has 0 bridgehead atoms. The van der Waals surface area contributed by atoms with Crippen LogP contribution in [0, 0.1) is 0 Å². The van der Waals surface area contributed by atoms with Crippen molar-refractivity contribution in [2.45, 2.75) is 6.92 Å². The molecule has 1 heterocycles. The first kappa shape index (κ1) is 14.4. The summed E-state index contributed by atoms with van der Waals surface area (Å²) in [4.78, 5) is 4.36. The summed E-state index contributed by atoms with van der Waals surface area (Å²) in [5, 5.41) is 4.35. The minimum atomic E-state index is 0.674. The van der Waals surface area contributed by atoms with Gasteiger partial charge in [0.05, 0.1) is 26.3 Å². The molecule has 2 rings (SSSR count). The van der Waals surface area contributed by atoms with Gasteiger partial charge in [-0.1, -0.05) is 0 Å². The van der Waals surface area contributed by atoms with Crippen molar-refractivity contribution in [2.75, 3.05) is 39.3 Å². The summed E-state index contributed by atoms with van der Waals surface area (Å²) >= 11 is 0. The van der Waals surface area contributed by atoms with E-state index in [9.17, 15) is 0 Å². The fourth-order valence-corrected chi connectivity index (χ4v) is 2.03. The molecule has 0 aliphatic rings. The average molecular weight is 276 g/mol. The van der Waals surface area contributed by atoms with Gasteiger partial charge in [0.15, 0.2) is 11.5 Å². The Morgan fingerprint density at radius 1 is 1.15 bits per heavy atom. The quantitative estimate of drug-likeness (QED) is 0.788. The van der Waals surface area contributed by atoms with E-state index in [-0.39, 0.29) is 0 Å². The van der Waals surface area contributed by atoms with E-state index in [1.807, 2.05) is 25.1 Å². The van der Waals surface area contributed by atoms with Crippen LogP contribution in [0.15, 0.2) is 24.4 Å². The monoisotopic (exact) mass is 276 g/mol. The summed E-state index contributed by atoms with van der Waals surface area (Å²) < 4.78 is 16.0. The molecule has 5 nitrogen and oxygen atoms in total. The van der Waals surface area contributed by atoms with Crippen LogP contribution in [0.4, 0.5) is 5.69 Å². The van der Waals surface area contributed by atoms with Crippen molar-refractivity contribution in [3.8, 4) is 11.5 Å². The number of hydrogen-bond acceptors (Lipinski definition) is 5. The second-order valence-corrected chi connectivity index (χ2v) is 4.21. The summed E-state index contributed by atoms with van der Waals surface area (Å²) in [6.07, 6.45) is 1.78. The standard InChI is InChI=1S/C15H20N2O3/c1-4-20-8-7-17-12-5-6-16-13-10-15(19-3)14(18-2)9-11(12)13/h5-6,9-10H,4,7-8H2,1-3H3,(H,16,17). The van der Waals surface area contributed by atoms with Crippen LogP contribution >= 0.6 is 0 Å². The van der Waals surface area contributed by atoms with Gasteiger partial charge in [0, 0.05) is 36.5 Å². The van der Waals surface area contributed by atoms with Gasteiger partial charge in [-0.2, -0.15) is 0 Å². The number of methoxy groups -OCH3 is 2. The van der Waals surface area contributed by atoms with Gasteiger partial charge < -0.3 is 19.5 Å². The lowest BCUT2D eigenvalue weighted by atomic mass is 10.1. The zero-order valence-corrected chi connectivity index (χ0v) is 12.1. The van der Waals surface area contributed by atoms with Crippen LogP contribution in [0.5, 0.6) is 11.5 Å². The number of benzene rings is 1. The third-order valence-electron chi connectivity index (χ3n) is 3.01. The van der Waals surface area contributed by atoms with Crippen LogP contribution in [0.3, 0.4) is 0 Å². The molecule has 20 heavy (non-hydrogen) atoms. The predicted molar refractivity (Wildman–Crippen MR) is 79.8 cm³/mol. The topological polar surface area (TPSA) is 52.6 Å². The lowest BCUT2D eigenvalue weighted by Crippen LogP contribution is -2.09. The first-order chi connectivity index (χ1) is 9.80. The maximum atomic E-state index is 5.34. The van der Waals surface area contributed by atoms with Crippen molar-refractivity contribution in [3.63, 3.8) is 0 Å². The van der Waals surface area contributed by atoms with Crippen molar-refractivity contribution >= 4 is 16.6 Å². The Morgan fingerprint density at radius 2 is 1.90 bits per heavy atom. The number of nitrogens with one attached hydrogen (secondary N) is 1. The lowest BCUT2D eigenvalue weighted by Gasteiger charge is -2.12. The van der Waals surface area contributed by atoms with Crippen LogP contribution in [-0.4, -0.2) is 39.0 Å². The highest BCUT2D eigenvalue weighted by Crippen LogP contribution is 2.34. The summed E-state index contributed by atoms with van der Waals surface area (Å²) in [7, 11) is 3.25. The molecule has 1 aromatic carbocycles. The maximum absolute atomic E-state index is 5.34. The number of ether oxygens (including phenoxy) is 3. The Labute approximate surface area is 118 Å². The number of pyridine rings is 1. The van der Waals surface area contributed by atoms with Gasteiger partial charge in [0.1, 0.15) is 0 Å². The molecule has 0 saturated heterocycles. The van der Waals surface area contributed by atoms with Crippen LogP contribution in [0.1, 0.15) is 6.92 Å². The van der Waals surface area contributed by atoms with E-state index in [4.69, 9.17) is 14.2 Å². The second-order valence-electron chi connectivity index (χ2n) is 4.21. The first-order valence-electron chi connectivity index (χ1n) is 6.62. The molecule has 0 atom stereocenters. The largest absolute Gasteiger partial charge is 0.493 e. The Kier molecular flexibility index (Phi) is 5.01. The number of anilines is 1. The lowest BCUT2D eigenvalue weighted by molar-refractivity contribution is 0.158. The Bertz CT molecular complexity index is 572. The van der Waals surface area contributed by atoms with E-state index in [0.29, 0.717) is 18.1 Å². The molecular formula is C15H20N2O3. The molecule has 0 saturated carbocycles. The van der Waals surface area contributed by atoms with Crippen molar-refractivity contribution in [1.82, 2.24) is 4.98 Å². The number of fused-ring (bicyclic) bond motifs is 1. The van der Waals surface area contributed by atoms with E-state index in [2.05, 4.69) is 10.3 Å². The van der Waals surface area contributed by atoms with Crippen LogP contribution in [0.2, 0.25) is 0 Å². The number of nitrogens with zero attached hydrogens (tertiary/aromatic N) is 1. The zero-order chi connectivity index (χ0) is 14.4. The predicted octanol–water partition coefficient (Wildman–Crippen LogP) is 2.70. The SMILES string of the molecule is CCOCCNc1ccnc2cc(OC)c(OC)cc12. The summed E-state index contributed by atoms with van der Waals surface area (Å²) in [6.45, 7) is 4.14. The second kappa shape index (κ2) is 6.96. The Hall–Kier alpha value is -2.01. The van der Waals surface area contributed by atoms with Crippen molar-refractivity contribution in [1.29, 1.82) is 0 Å². The molecule has 1 aromatic heterocycles. The molecule has 2 aromatic rings. The highest BCUT2D eigenvalue weighted by atomic mass is 16.5. The molecule has 0 radical (unpaired) electrons. The number of aromatic nitrogens is 1. The van der Waals surface area contributed by atoms with E-state index in [0.717, 1.165) is 29.7 Å². The van der Waals surface area contributed by atoms with Gasteiger partial charge in [-0.3, -0.25) is 4.98 Å². The molecular weight excluding hydrogens is 256 g/mol. The Morgan fingerprint density at radius 3 is 2.60 bits per heavy atom. The number of rotatable bonds is 7. The van der Waals surface area contributed by atoms with Gasteiger partial charge in [0.25, 0.3) is 0 Å². The summed E-state index contributed by atoms with van der Waals surface area (Å²) in [5.41, 5.74) is 1.87. The summed E-state index contributed by atoms with van der Waals surface area (Å²) in [6, 6.07) is 5.76. The minimum Gasteiger partial charge on any atom is -0.493 e. The Balaban J connectivity index is 2.30. The smallest absolute Gasteiger partial charge is 0.162 e. The molecule has 0 aliphatic carbocycles. The molecule has 0 spiro atoms. The van der Waals surface area contributed by atoms with E-state index in [1.54, 1.807) is 20.4 Å². The van der Waals surface area contributed by atoms with E-state index in [1.165, 1.54) is 0 Å². The zero-order valence-electron chi connectivity index (χ0n) is 12.1. The average Bonchev–Trinajstić information content (AvgIpc) is 2.50. The molecule has 108 valence electrons. The first-order valence-corrected chi connectivity index (χ1v) is 6.62. The molecule has 0 aliphatic heterocycles. The third kappa shape index (κ3) is 3.11. The van der Waals surface area contributed by atoms with E-state index >= 15 is 0 Å². The molecule has 5 heteroatoms. The van der Waals surface area contributed by atoms with Crippen molar-refractivity contribution < 1.29 is 14.2 Å². The van der Waals surface area contributed by atoms with Gasteiger partial charge in [-0.15, -0.1) is 0 Å². The van der Waals surface area contributed by atoms with Gasteiger partial charge in [0.2, 0.25) is 0 Å². The van der Waals surface area contributed by atoms with Gasteiger partial charge >= 0.3 is 0 Å². The maximum Gasteiger partial charge on any atom is 0.162 e. The van der Waals surface area contributed by atoms with Gasteiger partial charge in [-0.25, -0.2) is 0 Å². The van der Waals surface area contributed by atoms with E-state index < -0.39 is 0 Å². The summed E-state index contributed by atoms with van der Waals surface area (Å²) in [5.74, 6) is 1.37. The van der Waals surface area contributed by atoms with Crippen LogP contribution in [-0.2, 0) is 4.74 Å². The highest BCUT2D eigenvalue weighted by molar-refractivity contribution is 5.93. The van der Waals surface area contributed by atoms with Crippen LogP contribution in [0.25, 0.3) is 10.9 Å². The normalized spacial score (nSPS) is 10.6. The minimum absolute atomic E-state index is 0.674. The van der Waals surface area contributed by atoms with Crippen LogP contribution < -0.4 is 14.8 Å². The fraction of sp³-hybridized carbons (Fsp3) is 0.400. The highest BCUT2D eigenvalue weighted by Gasteiger charge is 2.09. The van der Waals surface area contributed by atoms with Crippen molar-refractivity contribution in [3.05, 3.63) is 24.4 Å². The molecule has 0 unspecified atom stereocenters.